The Balaban J connectivity index is 1.57. The number of aliphatic carboxylic acids is 1. The average Bonchev–Trinajstić information content (AvgIpc) is 3.45. The summed E-state index contributed by atoms with van der Waals surface area (Å²) in [6.07, 6.45) is 7.84. The van der Waals surface area contributed by atoms with Gasteiger partial charge < -0.3 is 15.0 Å². The number of imidazole rings is 1. The highest BCUT2D eigenvalue weighted by atomic mass is 32.1. The fourth-order valence-corrected chi connectivity index (χ4v) is 5.58. The average molecular weight is 468 g/mol. The molecule has 2 atom stereocenters. The maximum Gasteiger partial charge on any atom is 0.326 e. The van der Waals surface area contributed by atoms with Crippen molar-refractivity contribution in [2.75, 3.05) is 0 Å². The Hall–Kier alpha value is -2.67. The normalized spacial score (nSPS) is 16.5. The van der Waals surface area contributed by atoms with E-state index in [-0.39, 0.29) is 11.9 Å². The van der Waals surface area contributed by atoms with E-state index < -0.39 is 12.0 Å². The van der Waals surface area contributed by atoms with Crippen molar-refractivity contribution in [1.29, 1.82) is 0 Å². The Morgan fingerprint density at radius 3 is 2.70 bits per heavy atom. The molecule has 0 saturated heterocycles. The van der Waals surface area contributed by atoms with E-state index in [1.165, 1.54) is 11.3 Å². The Bertz CT molecular complexity index is 1100. The molecule has 1 unspecified atom stereocenters. The van der Waals surface area contributed by atoms with Crippen LogP contribution in [0.1, 0.15) is 85.9 Å². The molecule has 0 aliphatic heterocycles. The van der Waals surface area contributed by atoms with Gasteiger partial charge in [-0.3, -0.25) is 4.79 Å². The number of aromatic nitrogens is 2. The molecule has 1 fully saturated rings. The minimum Gasteiger partial charge on any atom is -0.480 e. The molecule has 0 radical (unpaired) electrons. The molecular formula is C26H33N3O3S. The summed E-state index contributed by atoms with van der Waals surface area (Å²) < 4.78 is 2.26. The first-order chi connectivity index (χ1) is 16.0. The summed E-state index contributed by atoms with van der Waals surface area (Å²) in [5.74, 6) is 0.0426. The zero-order chi connectivity index (χ0) is 23.4. The number of hydrogen-bond donors (Lipinski definition) is 2. The second-order valence-corrected chi connectivity index (χ2v) is 10.3. The monoisotopic (exact) mass is 467 g/mol. The van der Waals surface area contributed by atoms with Crippen LogP contribution in [0.2, 0.25) is 0 Å². The van der Waals surface area contributed by atoms with Crippen molar-refractivity contribution in [3.63, 3.8) is 0 Å². The van der Waals surface area contributed by atoms with E-state index in [0.29, 0.717) is 17.9 Å². The topological polar surface area (TPSA) is 84.2 Å². The lowest BCUT2D eigenvalue weighted by Gasteiger charge is -2.25. The van der Waals surface area contributed by atoms with Gasteiger partial charge in [0.2, 0.25) is 0 Å². The molecule has 1 aromatic carbocycles. The second-order valence-electron chi connectivity index (χ2n) is 9.22. The molecule has 1 saturated carbocycles. The summed E-state index contributed by atoms with van der Waals surface area (Å²) in [6.45, 7) is 4.34. The van der Waals surface area contributed by atoms with Gasteiger partial charge >= 0.3 is 5.97 Å². The molecule has 2 N–H and O–H groups in total. The van der Waals surface area contributed by atoms with Gasteiger partial charge in [-0.15, -0.1) is 11.3 Å². The number of rotatable bonds is 9. The minimum atomic E-state index is -0.964. The number of fused-ring (bicyclic) bond motifs is 1. The highest BCUT2D eigenvalue weighted by molar-refractivity contribution is 7.09. The van der Waals surface area contributed by atoms with Crippen molar-refractivity contribution in [1.82, 2.24) is 14.9 Å². The van der Waals surface area contributed by atoms with Gasteiger partial charge in [0.05, 0.1) is 11.0 Å². The summed E-state index contributed by atoms with van der Waals surface area (Å²) in [4.78, 5) is 30.9. The summed E-state index contributed by atoms with van der Waals surface area (Å²) in [5, 5.41) is 14.5. The molecule has 7 heteroatoms. The number of carboxylic acids is 1. The number of nitrogens with zero attached hydrogens (tertiary/aromatic N) is 2. The summed E-state index contributed by atoms with van der Waals surface area (Å²) in [6, 6.07) is 9.11. The van der Waals surface area contributed by atoms with Gasteiger partial charge in [-0.2, -0.15) is 0 Å². The molecule has 2 heterocycles. The van der Waals surface area contributed by atoms with Gasteiger partial charge in [0.25, 0.3) is 5.91 Å². The number of carboxylic acid groups (broad SMARTS) is 1. The highest BCUT2D eigenvalue weighted by Crippen LogP contribution is 2.28. The molecule has 4 rings (SSSR count). The largest absolute Gasteiger partial charge is 0.480 e. The Labute approximate surface area is 199 Å². The fraction of sp³-hybridized carbons (Fsp3) is 0.500. The molecule has 1 aliphatic rings. The first-order valence-electron chi connectivity index (χ1n) is 12.0. The SMILES string of the molecule is CC[C@H](C)n1c(Cc2cccs2)nc2cc(C(=O)NC(CC3CCCCC3)C(=O)O)ccc21. The molecule has 0 bridgehead atoms. The van der Waals surface area contributed by atoms with Gasteiger partial charge in [0.15, 0.2) is 0 Å². The van der Waals surface area contributed by atoms with Crippen LogP contribution in [-0.2, 0) is 11.2 Å². The third kappa shape index (κ3) is 5.46. The van der Waals surface area contributed by atoms with Crippen molar-refractivity contribution in [3.05, 3.63) is 52.0 Å². The van der Waals surface area contributed by atoms with Crippen LogP contribution in [0.15, 0.2) is 35.7 Å². The maximum atomic E-state index is 13.0. The van der Waals surface area contributed by atoms with E-state index in [1.54, 1.807) is 23.5 Å². The van der Waals surface area contributed by atoms with Crippen LogP contribution in [-0.4, -0.2) is 32.6 Å². The Morgan fingerprint density at radius 1 is 1.24 bits per heavy atom. The van der Waals surface area contributed by atoms with E-state index in [2.05, 4.69) is 35.2 Å². The van der Waals surface area contributed by atoms with Crippen LogP contribution >= 0.6 is 11.3 Å². The third-order valence-corrected chi connectivity index (χ3v) is 7.74. The number of hydrogen-bond acceptors (Lipinski definition) is 4. The number of carbonyl (C=O) groups excluding carboxylic acids is 1. The predicted octanol–water partition coefficient (Wildman–Crippen LogP) is 5.81. The Morgan fingerprint density at radius 2 is 2.03 bits per heavy atom. The lowest BCUT2D eigenvalue weighted by molar-refractivity contribution is -0.139. The molecule has 176 valence electrons. The first kappa shape index (κ1) is 23.5. The standard InChI is InChI=1S/C26H33N3O3S/c1-3-17(2)29-23-12-11-19(15-21(23)27-24(29)16-20-10-7-13-33-20)25(30)28-22(26(31)32)14-18-8-5-4-6-9-18/h7,10-13,15,17-18,22H,3-6,8-9,14,16H2,1-2H3,(H,28,30)(H,31,32)/t17-,22?/m0/s1. The molecule has 1 aliphatic carbocycles. The summed E-state index contributed by atoms with van der Waals surface area (Å²) >= 11 is 1.71. The van der Waals surface area contributed by atoms with Gasteiger partial charge in [-0.1, -0.05) is 45.1 Å². The Kier molecular flexibility index (Phi) is 7.48. The summed E-state index contributed by atoms with van der Waals surface area (Å²) in [5.41, 5.74) is 2.23. The molecule has 6 nitrogen and oxygen atoms in total. The fourth-order valence-electron chi connectivity index (χ4n) is 4.88. The van der Waals surface area contributed by atoms with Crippen LogP contribution < -0.4 is 5.32 Å². The highest BCUT2D eigenvalue weighted by Gasteiger charge is 2.26. The maximum absolute atomic E-state index is 13.0. The van der Waals surface area contributed by atoms with Gasteiger partial charge in [-0.05, 0) is 55.3 Å². The van der Waals surface area contributed by atoms with E-state index in [9.17, 15) is 14.7 Å². The summed E-state index contributed by atoms with van der Waals surface area (Å²) in [7, 11) is 0. The molecule has 33 heavy (non-hydrogen) atoms. The lowest BCUT2D eigenvalue weighted by atomic mass is 9.85. The number of benzene rings is 1. The number of carbonyl (C=O) groups is 2. The van der Waals surface area contributed by atoms with Crippen LogP contribution in [0.3, 0.4) is 0 Å². The van der Waals surface area contributed by atoms with Gasteiger partial charge in [-0.25, -0.2) is 9.78 Å². The van der Waals surface area contributed by atoms with Crippen molar-refractivity contribution in [2.45, 2.75) is 77.3 Å². The zero-order valence-electron chi connectivity index (χ0n) is 19.4. The van der Waals surface area contributed by atoms with E-state index in [0.717, 1.165) is 55.4 Å². The van der Waals surface area contributed by atoms with Crippen LogP contribution in [0.5, 0.6) is 0 Å². The van der Waals surface area contributed by atoms with Crippen LogP contribution in [0.4, 0.5) is 0 Å². The minimum absolute atomic E-state index is 0.288. The van der Waals surface area contributed by atoms with Crippen LogP contribution in [0, 0.1) is 5.92 Å². The van der Waals surface area contributed by atoms with E-state index in [4.69, 9.17) is 4.98 Å². The van der Waals surface area contributed by atoms with Crippen molar-refractivity contribution in [3.8, 4) is 0 Å². The molecule has 1 amide bonds. The first-order valence-corrected chi connectivity index (χ1v) is 12.9. The molecule has 2 aromatic heterocycles. The van der Waals surface area contributed by atoms with Crippen LogP contribution in [0.25, 0.3) is 11.0 Å². The predicted molar refractivity (Wildman–Crippen MR) is 132 cm³/mol. The smallest absolute Gasteiger partial charge is 0.326 e. The zero-order valence-corrected chi connectivity index (χ0v) is 20.2. The molecular weight excluding hydrogens is 434 g/mol. The third-order valence-electron chi connectivity index (χ3n) is 6.87. The number of amides is 1. The van der Waals surface area contributed by atoms with E-state index in [1.807, 2.05) is 12.1 Å². The number of nitrogens with one attached hydrogen (secondary N) is 1. The number of thiophene rings is 1. The quantitative estimate of drug-likeness (QED) is 0.416. The van der Waals surface area contributed by atoms with Crippen molar-refractivity contribution >= 4 is 34.2 Å². The van der Waals surface area contributed by atoms with Crippen molar-refractivity contribution in [2.24, 2.45) is 5.92 Å². The molecule has 0 spiro atoms. The second kappa shape index (κ2) is 10.5. The lowest BCUT2D eigenvalue weighted by Crippen LogP contribution is -2.42. The van der Waals surface area contributed by atoms with Crippen molar-refractivity contribution < 1.29 is 14.7 Å². The molecule has 3 aromatic rings. The van der Waals surface area contributed by atoms with Gasteiger partial charge in [0.1, 0.15) is 11.9 Å². The van der Waals surface area contributed by atoms with E-state index >= 15 is 0 Å². The van der Waals surface area contributed by atoms with Gasteiger partial charge in [0, 0.05) is 22.9 Å².